The predicted octanol–water partition coefficient (Wildman–Crippen LogP) is 6.15. The van der Waals surface area contributed by atoms with E-state index in [-0.39, 0.29) is 6.03 Å². The van der Waals surface area contributed by atoms with Crippen molar-refractivity contribution in [2.75, 3.05) is 11.5 Å². The maximum absolute atomic E-state index is 13.2. The number of carbonyl (C=O) groups excluding carboxylic acids is 1. The number of allylic oxidation sites excluding steroid dienone is 1. The Morgan fingerprint density at radius 2 is 1.69 bits per heavy atom. The third kappa shape index (κ3) is 4.40. The lowest BCUT2D eigenvalue weighted by Gasteiger charge is -2.35. The highest BCUT2D eigenvalue weighted by Crippen LogP contribution is 2.39. The smallest absolute Gasteiger partial charge is 0.326 e. The second kappa shape index (κ2) is 9.46. The number of amides is 2. The van der Waals surface area contributed by atoms with Gasteiger partial charge in [-0.3, -0.25) is 4.90 Å². The van der Waals surface area contributed by atoms with Crippen LogP contribution in [0.3, 0.4) is 0 Å². The van der Waals surface area contributed by atoms with Crippen LogP contribution in [-0.2, 0) is 0 Å². The normalized spacial score (nSPS) is 15.8. The summed E-state index contributed by atoms with van der Waals surface area (Å²) >= 11 is 0. The molecule has 1 N–H and O–H groups in total. The molecule has 4 aromatic rings. The monoisotopic (exact) mass is 466 g/mol. The summed E-state index contributed by atoms with van der Waals surface area (Å²) in [4.78, 5) is 19.6. The van der Waals surface area contributed by atoms with Gasteiger partial charge in [0.15, 0.2) is 0 Å². The number of hydrogen-bond acceptors (Lipinski definition) is 5. The molecular formula is C28H26N4O3. The van der Waals surface area contributed by atoms with Gasteiger partial charge in [0.25, 0.3) is 5.89 Å². The second-order valence-electron chi connectivity index (χ2n) is 8.34. The number of aryl methyl sites for hydroxylation is 1. The first kappa shape index (κ1) is 22.4. The Hall–Kier alpha value is -4.39. The number of benzene rings is 3. The SMILES string of the molecule is CCOc1ccc(-c2noc(C3=C(C)N(c4ccccc4)C(=O)NC3c3ccc(C)cc3)n2)cc1. The van der Waals surface area contributed by atoms with E-state index in [1.165, 1.54) is 0 Å². The van der Waals surface area contributed by atoms with Crippen LogP contribution in [0.5, 0.6) is 5.75 Å². The first-order valence-electron chi connectivity index (χ1n) is 11.6. The fraction of sp³-hybridized carbons (Fsp3) is 0.179. The summed E-state index contributed by atoms with van der Waals surface area (Å²) < 4.78 is 11.3. The van der Waals surface area contributed by atoms with Crippen molar-refractivity contribution in [2.45, 2.75) is 26.8 Å². The topological polar surface area (TPSA) is 80.5 Å². The molecule has 5 rings (SSSR count). The van der Waals surface area contributed by atoms with Crippen molar-refractivity contribution in [3.05, 3.63) is 102 Å². The molecule has 1 aliphatic heterocycles. The first-order chi connectivity index (χ1) is 17.0. The van der Waals surface area contributed by atoms with Crippen molar-refractivity contribution in [1.82, 2.24) is 15.5 Å². The number of hydrogen-bond donors (Lipinski definition) is 1. The zero-order chi connectivity index (χ0) is 24.4. The van der Waals surface area contributed by atoms with Gasteiger partial charge in [0.2, 0.25) is 5.82 Å². The zero-order valence-corrected chi connectivity index (χ0v) is 19.9. The van der Waals surface area contributed by atoms with Crippen molar-refractivity contribution < 1.29 is 14.1 Å². The van der Waals surface area contributed by atoms with Gasteiger partial charge in [-0.25, -0.2) is 4.79 Å². The third-order valence-corrected chi connectivity index (χ3v) is 5.99. The molecule has 0 saturated heterocycles. The highest BCUT2D eigenvalue weighted by molar-refractivity contribution is 6.01. The molecule has 0 bridgehead atoms. The van der Waals surface area contributed by atoms with Crippen LogP contribution >= 0.6 is 0 Å². The number of ether oxygens (including phenoxy) is 1. The summed E-state index contributed by atoms with van der Waals surface area (Å²) in [6.07, 6.45) is 0. The van der Waals surface area contributed by atoms with Crippen LogP contribution in [0.15, 0.2) is 89.1 Å². The molecule has 0 radical (unpaired) electrons. The molecule has 0 saturated carbocycles. The number of urea groups is 1. The quantitative estimate of drug-likeness (QED) is 0.369. The molecule has 3 aromatic carbocycles. The lowest BCUT2D eigenvalue weighted by Crippen LogP contribution is -2.46. The van der Waals surface area contributed by atoms with Gasteiger partial charge < -0.3 is 14.6 Å². The molecule has 1 aliphatic rings. The molecule has 7 heteroatoms. The number of para-hydroxylation sites is 1. The van der Waals surface area contributed by atoms with E-state index in [9.17, 15) is 4.79 Å². The van der Waals surface area contributed by atoms with Crippen LogP contribution < -0.4 is 15.0 Å². The van der Waals surface area contributed by atoms with E-state index in [4.69, 9.17) is 14.2 Å². The molecular weight excluding hydrogens is 440 g/mol. The molecule has 35 heavy (non-hydrogen) atoms. The maximum Gasteiger partial charge on any atom is 0.326 e. The summed E-state index contributed by atoms with van der Waals surface area (Å²) in [5.41, 5.74) is 5.13. The van der Waals surface area contributed by atoms with Gasteiger partial charge in [-0.2, -0.15) is 4.98 Å². The Morgan fingerprint density at radius 1 is 0.971 bits per heavy atom. The van der Waals surface area contributed by atoms with Gasteiger partial charge in [0.1, 0.15) is 5.75 Å². The number of carbonyl (C=O) groups is 1. The minimum absolute atomic E-state index is 0.214. The van der Waals surface area contributed by atoms with E-state index in [1.807, 2.05) is 99.6 Å². The minimum Gasteiger partial charge on any atom is -0.494 e. The van der Waals surface area contributed by atoms with E-state index in [0.29, 0.717) is 18.3 Å². The largest absolute Gasteiger partial charge is 0.494 e. The van der Waals surface area contributed by atoms with E-state index >= 15 is 0 Å². The van der Waals surface area contributed by atoms with Crippen molar-refractivity contribution in [1.29, 1.82) is 0 Å². The fourth-order valence-electron chi connectivity index (χ4n) is 4.23. The first-order valence-corrected chi connectivity index (χ1v) is 11.6. The molecule has 2 amide bonds. The summed E-state index contributed by atoms with van der Waals surface area (Å²) in [6, 6.07) is 24.5. The second-order valence-corrected chi connectivity index (χ2v) is 8.34. The number of aromatic nitrogens is 2. The van der Waals surface area contributed by atoms with Crippen LogP contribution in [0.25, 0.3) is 17.0 Å². The number of rotatable bonds is 6. The zero-order valence-electron chi connectivity index (χ0n) is 19.9. The van der Waals surface area contributed by atoms with Gasteiger partial charge in [-0.15, -0.1) is 0 Å². The summed E-state index contributed by atoms with van der Waals surface area (Å²) in [6.45, 7) is 6.48. The summed E-state index contributed by atoms with van der Waals surface area (Å²) in [5, 5.41) is 7.37. The Morgan fingerprint density at radius 3 is 2.37 bits per heavy atom. The van der Waals surface area contributed by atoms with Crippen LogP contribution in [-0.4, -0.2) is 22.8 Å². The molecule has 0 aliphatic carbocycles. The number of nitrogens with one attached hydrogen (secondary N) is 1. The Bertz CT molecular complexity index is 1360. The van der Waals surface area contributed by atoms with Gasteiger partial charge in [-0.05, 0) is 62.7 Å². The lowest BCUT2D eigenvalue weighted by molar-refractivity contribution is 0.244. The molecule has 7 nitrogen and oxygen atoms in total. The average molecular weight is 467 g/mol. The molecule has 0 spiro atoms. The fourth-order valence-corrected chi connectivity index (χ4v) is 4.23. The molecule has 1 aromatic heterocycles. The molecule has 176 valence electrons. The van der Waals surface area contributed by atoms with E-state index in [0.717, 1.165) is 39.4 Å². The van der Waals surface area contributed by atoms with Crippen LogP contribution in [0.4, 0.5) is 10.5 Å². The molecule has 1 atom stereocenters. The van der Waals surface area contributed by atoms with Crippen LogP contribution in [0, 0.1) is 6.92 Å². The van der Waals surface area contributed by atoms with Gasteiger partial charge in [-0.1, -0.05) is 53.2 Å². The minimum atomic E-state index is -0.434. The van der Waals surface area contributed by atoms with Crippen molar-refractivity contribution in [3.8, 4) is 17.1 Å². The van der Waals surface area contributed by atoms with Crippen LogP contribution in [0.1, 0.15) is 36.9 Å². The summed E-state index contributed by atoms with van der Waals surface area (Å²) in [5.74, 6) is 1.61. The van der Waals surface area contributed by atoms with Crippen molar-refractivity contribution in [2.24, 2.45) is 0 Å². The Labute approximate surface area is 204 Å². The van der Waals surface area contributed by atoms with Crippen molar-refractivity contribution in [3.63, 3.8) is 0 Å². The standard InChI is InChI=1S/C28H26N4O3/c1-4-34-23-16-14-21(15-17-23)26-30-27(35-31-26)24-19(3)32(22-8-6-5-7-9-22)28(33)29-25(24)20-12-10-18(2)11-13-20/h5-17,25H,4H2,1-3H3,(H,29,33). The highest BCUT2D eigenvalue weighted by atomic mass is 16.5. The van der Waals surface area contributed by atoms with Gasteiger partial charge in [0, 0.05) is 11.3 Å². The maximum atomic E-state index is 13.2. The number of anilines is 1. The van der Waals surface area contributed by atoms with Crippen LogP contribution in [0.2, 0.25) is 0 Å². The van der Waals surface area contributed by atoms with E-state index in [2.05, 4.69) is 10.5 Å². The molecule has 1 unspecified atom stereocenters. The Kier molecular flexibility index (Phi) is 6.06. The molecule has 2 heterocycles. The third-order valence-electron chi connectivity index (χ3n) is 5.99. The Balaban J connectivity index is 1.60. The van der Waals surface area contributed by atoms with Gasteiger partial charge >= 0.3 is 6.03 Å². The van der Waals surface area contributed by atoms with Crippen molar-refractivity contribution >= 4 is 17.3 Å². The van der Waals surface area contributed by atoms with E-state index in [1.54, 1.807) is 4.90 Å². The predicted molar refractivity (Wildman–Crippen MR) is 135 cm³/mol. The highest BCUT2D eigenvalue weighted by Gasteiger charge is 2.36. The molecule has 0 fully saturated rings. The van der Waals surface area contributed by atoms with E-state index < -0.39 is 6.04 Å². The lowest BCUT2D eigenvalue weighted by atomic mass is 9.94. The van der Waals surface area contributed by atoms with Gasteiger partial charge in [0.05, 0.1) is 23.9 Å². The average Bonchev–Trinajstić information content (AvgIpc) is 3.35. The summed E-state index contributed by atoms with van der Waals surface area (Å²) in [7, 11) is 0. The number of nitrogens with zero attached hydrogens (tertiary/aromatic N) is 3.